The van der Waals surface area contributed by atoms with Crippen LogP contribution in [-0.4, -0.2) is 56.3 Å². The number of allylic oxidation sites excluding steroid dienone is 6. The summed E-state index contributed by atoms with van der Waals surface area (Å²) in [5.74, 6) is -0.175. The summed E-state index contributed by atoms with van der Waals surface area (Å²) >= 11 is 0. The normalized spacial score (nSPS) is 16.7. The standard InChI is InChI=1S/C39H74O5Si3/c1-18-33(42-45(12,13)37(2,3)4)27-24-21-25-30-34(43-46(14,15)38(5,6)7)28-22-19-20-23-29-35(31-26-32-36(40)41-11)44-47(16,17)39(8,9)10/h19-25,27-29,33-35H,18,26,30-32H2,1-17H3/t33-,34+,35-/m1/s1. The van der Waals surface area contributed by atoms with Gasteiger partial charge < -0.3 is 18.0 Å². The molecule has 0 aliphatic rings. The highest BCUT2D eigenvalue weighted by molar-refractivity contribution is 6.75. The minimum atomic E-state index is -1.96. The number of ether oxygens (including phenoxy) is 1. The van der Waals surface area contributed by atoms with E-state index in [2.05, 4.69) is 163 Å². The summed E-state index contributed by atoms with van der Waals surface area (Å²) < 4.78 is 24.9. The molecule has 5 nitrogen and oxygen atoms in total. The third-order valence-corrected chi connectivity index (χ3v) is 23.7. The van der Waals surface area contributed by atoms with Gasteiger partial charge in [-0.2, -0.15) is 0 Å². The minimum absolute atomic E-state index is 0.00684. The van der Waals surface area contributed by atoms with Crippen LogP contribution in [0.3, 0.4) is 0 Å². The lowest BCUT2D eigenvalue weighted by atomic mass is 10.1. The second-order valence-corrected chi connectivity index (χ2v) is 31.6. The number of esters is 1. The molecule has 47 heavy (non-hydrogen) atoms. The summed E-state index contributed by atoms with van der Waals surface area (Å²) in [5, 5.41) is 0.435. The number of hydrogen-bond donors (Lipinski definition) is 0. The number of methoxy groups -OCH3 is 1. The van der Waals surface area contributed by atoms with Gasteiger partial charge in [0, 0.05) is 6.42 Å². The van der Waals surface area contributed by atoms with Crippen molar-refractivity contribution in [2.24, 2.45) is 0 Å². The molecule has 0 N–H and O–H groups in total. The second-order valence-electron chi connectivity index (χ2n) is 17.3. The van der Waals surface area contributed by atoms with E-state index >= 15 is 0 Å². The summed E-state index contributed by atoms with van der Waals surface area (Å²) in [6.07, 6.45) is 25.0. The van der Waals surface area contributed by atoms with Crippen molar-refractivity contribution in [3.05, 3.63) is 60.8 Å². The summed E-state index contributed by atoms with van der Waals surface area (Å²) in [5.41, 5.74) is 0. The van der Waals surface area contributed by atoms with E-state index in [0.717, 1.165) is 25.7 Å². The maximum Gasteiger partial charge on any atom is 0.305 e. The van der Waals surface area contributed by atoms with Crippen LogP contribution in [0.2, 0.25) is 54.4 Å². The van der Waals surface area contributed by atoms with Crippen LogP contribution in [0.15, 0.2) is 60.8 Å². The van der Waals surface area contributed by atoms with Crippen molar-refractivity contribution in [1.82, 2.24) is 0 Å². The highest BCUT2D eigenvalue weighted by atomic mass is 28.4. The molecule has 0 rings (SSSR count). The van der Waals surface area contributed by atoms with E-state index in [1.165, 1.54) is 7.11 Å². The number of hydrogen-bond acceptors (Lipinski definition) is 5. The molecule has 0 unspecified atom stereocenters. The number of rotatable bonds is 19. The predicted molar refractivity (Wildman–Crippen MR) is 213 cm³/mol. The average Bonchev–Trinajstić information content (AvgIpc) is 2.91. The van der Waals surface area contributed by atoms with Crippen molar-refractivity contribution in [3.63, 3.8) is 0 Å². The molecule has 0 aromatic heterocycles. The minimum Gasteiger partial charge on any atom is -0.469 e. The Morgan fingerprint density at radius 2 is 0.979 bits per heavy atom. The van der Waals surface area contributed by atoms with Crippen LogP contribution < -0.4 is 0 Å². The van der Waals surface area contributed by atoms with Crippen molar-refractivity contribution in [1.29, 1.82) is 0 Å². The Bertz CT molecular complexity index is 1060. The van der Waals surface area contributed by atoms with E-state index in [0.29, 0.717) is 6.42 Å². The molecule has 0 heterocycles. The van der Waals surface area contributed by atoms with Crippen molar-refractivity contribution < 1.29 is 22.8 Å². The molecule has 0 radical (unpaired) electrons. The van der Waals surface area contributed by atoms with Gasteiger partial charge >= 0.3 is 5.97 Å². The van der Waals surface area contributed by atoms with Gasteiger partial charge in [-0.25, -0.2) is 0 Å². The Kier molecular flexibility index (Phi) is 19.2. The Balaban J connectivity index is 5.71. The Labute approximate surface area is 294 Å². The lowest BCUT2D eigenvalue weighted by molar-refractivity contribution is -0.140. The third-order valence-electron chi connectivity index (χ3n) is 10.2. The molecule has 0 aromatic rings. The average molecular weight is 707 g/mol. The third kappa shape index (κ3) is 17.8. The molecule has 0 aliphatic carbocycles. The van der Waals surface area contributed by atoms with Gasteiger partial charge in [0.25, 0.3) is 0 Å². The SMILES string of the molecule is CC[C@H](C=CC=CC[C@H](C=CC=CC=C[C@H](CCCC(=O)OC)O[Si](C)(C)C(C)(C)C)O[Si](C)(C)C(C)(C)C)O[Si](C)(C)C(C)(C)C. The quantitative estimate of drug-likeness (QED) is 0.0760. The van der Waals surface area contributed by atoms with Crippen LogP contribution in [0, 0.1) is 0 Å². The maximum atomic E-state index is 11.7. The van der Waals surface area contributed by atoms with Crippen molar-refractivity contribution in [3.8, 4) is 0 Å². The fraction of sp³-hybridized carbons (Fsp3) is 0.718. The van der Waals surface area contributed by atoms with Gasteiger partial charge in [-0.05, 0) is 80.1 Å². The van der Waals surface area contributed by atoms with E-state index in [4.69, 9.17) is 18.0 Å². The molecule has 0 fully saturated rings. The van der Waals surface area contributed by atoms with E-state index in [-0.39, 0.29) is 39.4 Å². The first-order chi connectivity index (χ1) is 21.3. The van der Waals surface area contributed by atoms with E-state index in [1.54, 1.807) is 0 Å². The van der Waals surface area contributed by atoms with Crippen LogP contribution in [0.4, 0.5) is 0 Å². The summed E-state index contributed by atoms with van der Waals surface area (Å²) in [4.78, 5) is 11.7. The molecule has 0 bridgehead atoms. The first-order valence-corrected chi connectivity index (χ1v) is 26.5. The fourth-order valence-corrected chi connectivity index (χ4v) is 7.77. The molecule has 0 aromatic carbocycles. The van der Waals surface area contributed by atoms with Gasteiger partial charge in [0.15, 0.2) is 25.0 Å². The van der Waals surface area contributed by atoms with Crippen molar-refractivity contribution in [2.45, 2.75) is 174 Å². The van der Waals surface area contributed by atoms with Crippen LogP contribution in [0.5, 0.6) is 0 Å². The first kappa shape index (κ1) is 45.7. The van der Waals surface area contributed by atoms with Crippen LogP contribution in [-0.2, 0) is 22.8 Å². The molecule has 3 atom stereocenters. The summed E-state index contributed by atoms with van der Waals surface area (Å²) in [6.45, 7) is 36.4. The zero-order valence-corrected chi connectivity index (χ0v) is 36.6. The van der Waals surface area contributed by atoms with E-state index < -0.39 is 25.0 Å². The monoisotopic (exact) mass is 706 g/mol. The number of carbonyl (C=O) groups excluding carboxylic acids is 1. The summed E-state index contributed by atoms with van der Waals surface area (Å²) in [6, 6.07) is 0. The zero-order valence-electron chi connectivity index (χ0n) is 33.6. The zero-order chi connectivity index (χ0) is 36.7. The smallest absolute Gasteiger partial charge is 0.305 e. The van der Waals surface area contributed by atoms with Crippen LogP contribution in [0.25, 0.3) is 0 Å². The lowest BCUT2D eigenvalue weighted by Crippen LogP contribution is -2.43. The van der Waals surface area contributed by atoms with Gasteiger partial charge in [0.05, 0.1) is 25.4 Å². The van der Waals surface area contributed by atoms with Gasteiger partial charge in [-0.3, -0.25) is 4.79 Å². The molecule has 0 saturated carbocycles. The van der Waals surface area contributed by atoms with Crippen LogP contribution in [0.1, 0.15) is 101 Å². The molecular formula is C39H74O5Si3. The Morgan fingerprint density at radius 3 is 1.40 bits per heavy atom. The largest absolute Gasteiger partial charge is 0.469 e. The Hall–Kier alpha value is -1.30. The predicted octanol–water partition coefficient (Wildman–Crippen LogP) is 12.1. The highest BCUT2D eigenvalue weighted by Gasteiger charge is 2.40. The molecule has 8 heteroatoms. The highest BCUT2D eigenvalue weighted by Crippen LogP contribution is 2.39. The van der Waals surface area contributed by atoms with Crippen molar-refractivity contribution in [2.75, 3.05) is 7.11 Å². The summed E-state index contributed by atoms with van der Waals surface area (Å²) in [7, 11) is -4.30. The lowest BCUT2D eigenvalue weighted by Gasteiger charge is -2.38. The van der Waals surface area contributed by atoms with Gasteiger partial charge in [0.2, 0.25) is 0 Å². The topological polar surface area (TPSA) is 54.0 Å². The molecule has 272 valence electrons. The van der Waals surface area contributed by atoms with Gasteiger partial charge in [0.1, 0.15) is 0 Å². The van der Waals surface area contributed by atoms with E-state index in [1.807, 2.05) is 6.08 Å². The van der Waals surface area contributed by atoms with Gasteiger partial charge in [-0.1, -0.05) is 130 Å². The van der Waals surface area contributed by atoms with Crippen molar-refractivity contribution >= 4 is 30.9 Å². The molecule has 0 amide bonds. The van der Waals surface area contributed by atoms with E-state index in [9.17, 15) is 4.79 Å². The molecular weight excluding hydrogens is 633 g/mol. The maximum absolute atomic E-state index is 11.7. The fourth-order valence-electron chi connectivity index (χ4n) is 3.82. The Morgan fingerprint density at radius 1 is 0.596 bits per heavy atom. The number of carbonyl (C=O) groups is 1. The van der Waals surface area contributed by atoms with Gasteiger partial charge in [-0.15, -0.1) is 0 Å². The first-order valence-electron chi connectivity index (χ1n) is 17.7. The molecule has 0 aliphatic heterocycles. The molecule has 0 saturated heterocycles. The van der Waals surface area contributed by atoms with Crippen LogP contribution >= 0.6 is 0 Å². The second kappa shape index (κ2) is 19.8. The molecule has 0 spiro atoms.